The van der Waals surface area contributed by atoms with Gasteiger partial charge in [-0.2, -0.15) is 0 Å². The molecule has 1 aliphatic rings. The van der Waals surface area contributed by atoms with E-state index in [4.69, 9.17) is 4.74 Å². The molecule has 1 aliphatic heterocycles. The van der Waals surface area contributed by atoms with Gasteiger partial charge in [0.1, 0.15) is 6.54 Å². The molecule has 0 saturated carbocycles. The minimum absolute atomic E-state index is 0.262. The predicted octanol–water partition coefficient (Wildman–Crippen LogP) is 1.37. The first kappa shape index (κ1) is 21.0. The highest BCUT2D eigenvalue weighted by molar-refractivity contribution is 7.92. The van der Waals surface area contributed by atoms with Crippen LogP contribution in [0.5, 0.6) is 0 Å². The van der Waals surface area contributed by atoms with Crippen LogP contribution in [0.15, 0.2) is 18.2 Å². The lowest BCUT2D eigenvalue weighted by molar-refractivity contribution is -0.131. The Balaban J connectivity index is 2.08. The molecule has 9 heteroatoms. The van der Waals surface area contributed by atoms with Crippen LogP contribution in [0.4, 0.5) is 10.5 Å². The normalized spacial score (nSPS) is 14.8. The molecule has 27 heavy (non-hydrogen) atoms. The molecule has 1 saturated heterocycles. The second-order valence-electron chi connectivity index (χ2n) is 6.63. The molecule has 2 amide bonds. The first-order valence-corrected chi connectivity index (χ1v) is 10.7. The van der Waals surface area contributed by atoms with Crippen LogP contribution in [-0.2, 0) is 19.6 Å². The van der Waals surface area contributed by atoms with E-state index >= 15 is 0 Å². The standard InChI is InChI=1S/C18H27N3O5S/c1-5-26-18(23)20-10-8-19(9-11-20)17(22)13-21(27(4,24)25)16-7-6-14(2)12-15(16)3/h6-7,12H,5,8-11,13H2,1-4H3. The SMILES string of the molecule is CCOC(=O)N1CCN(C(=O)CN(c2ccc(C)cc2C)S(C)(=O)=O)CC1. The monoisotopic (exact) mass is 397 g/mol. The fourth-order valence-electron chi connectivity index (χ4n) is 3.04. The molecule has 150 valence electrons. The highest BCUT2D eigenvalue weighted by Crippen LogP contribution is 2.23. The molecule has 1 aromatic carbocycles. The molecule has 0 unspecified atom stereocenters. The van der Waals surface area contributed by atoms with Gasteiger partial charge in [-0.05, 0) is 32.4 Å². The average Bonchev–Trinajstić information content (AvgIpc) is 2.59. The van der Waals surface area contributed by atoms with Crippen molar-refractivity contribution in [2.75, 3.05) is 49.9 Å². The Kier molecular flexibility index (Phi) is 6.69. The molecule has 1 fully saturated rings. The van der Waals surface area contributed by atoms with Crippen LogP contribution in [0.2, 0.25) is 0 Å². The molecule has 0 radical (unpaired) electrons. The Labute approximate surface area is 160 Å². The maximum Gasteiger partial charge on any atom is 0.409 e. The fraction of sp³-hybridized carbons (Fsp3) is 0.556. The van der Waals surface area contributed by atoms with Crippen molar-refractivity contribution in [3.05, 3.63) is 29.3 Å². The summed E-state index contributed by atoms with van der Waals surface area (Å²) in [6, 6.07) is 5.43. The van der Waals surface area contributed by atoms with Gasteiger partial charge in [0.25, 0.3) is 0 Å². The van der Waals surface area contributed by atoms with E-state index in [-0.39, 0.29) is 12.5 Å². The van der Waals surface area contributed by atoms with Gasteiger partial charge in [0.05, 0.1) is 18.6 Å². The van der Waals surface area contributed by atoms with E-state index in [0.29, 0.717) is 38.5 Å². The number of anilines is 1. The van der Waals surface area contributed by atoms with E-state index in [9.17, 15) is 18.0 Å². The van der Waals surface area contributed by atoms with Crippen LogP contribution in [0.25, 0.3) is 0 Å². The van der Waals surface area contributed by atoms with Crippen molar-refractivity contribution in [2.45, 2.75) is 20.8 Å². The van der Waals surface area contributed by atoms with Crippen LogP contribution in [-0.4, -0.2) is 75.8 Å². The number of ether oxygens (including phenoxy) is 1. The summed E-state index contributed by atoms with van der Waals surface area (Å²) >= 11 is 0. The molecule has 0 aliphatic carbocycles. The Bertz CT molecular complexity index is 801. The summed E-state index contributed by atoms with van der Waals surface area (Å²) in [6.07, 6.45) is 0.704. The van der Waals surface area contributed by atoms with Crippen molar-refractivity contribution in [3.8, 4) is 0 Å². The number of carbonyl (C=O) groups excluding carboxylic acids is 2. The highest BCUT2D eigenvalue weighted by atomic mass is 32.2. The third-order valence-corrected chi connectivity index (χ3v) is 5.59. The predicted molar refractivity (Wildman–Crippen MR) is 103 cm³/mol. The molecular formula is C18H27N3O5S. The fourth-order valence-corrected chi connectivity index (χ4v) is 3.95. The van der Waals surface area contributed by atoms with Crippen LogP contribution in [0, 0.1) is 13.8 Å². The Hall–Kier alpha value is -2.29. The number of benzene rings is 1. The number of hydrogen-bond acceptors (Lipinski definition) is 5. The smallest absolute Gasteiger partial charge is 0.409 e. The van der Waals surface area contributed by atoms with Gasteiger partial charge in [-0.1, -0.05) is 17.7 Å². The van der Waals surface area contributed by atoms with Crippen molar-refractivity contribution in [2.24, 2.45) is 0 Å². The number of piperazine rings is 1. The lowest BCUT2D eigenvalue weighted by atomic mass is 10.1. The van der Waals surface area contributed by atoms with E-state index in [2.05, 4.69) is 0 Å². The van der Waals surface area contributed by atoms with Crippen molar-refractivity contribution in [1.82, 2.24) is 9.80 Å². The van der Waals surface area contributed by atoms with E-state index in [1.807, 2.05) is 26.0 Å². The molecule has 0 atom stereocenters. The second-order valence-corrected chi connectivity index (χ2v) is 8.53. The van der Waals surface area contributed by atoms with Gasteiger partial charge in [-0.3, -0.25) is 9.10 Å². The summed E-state index contributed by atoms with van der Waals surface area (Å²) in [6.45, 7) is 6.97. The lowest BCUT2D eigenvalue weighted by Crippen LogP contribution is -2.53. The number of rotatable bonds is 5. The van der Waals surface area contributed by atoms with Crippen LogP contribution >= 0.6 is 0 Å². The topological polar surface area (TPSA) is 87.2 Å². The summed E-state index contributed by atoms with van der Waals surface area (Å²) in [5, 5.41) is 0. The Morgan fingerprint density at radius 2 is 1.70 bits per heavy atom. The summed E-state index contributed by atoms with van der Waals surface area (Å²) < 4.78 is 30.7. The van der Waals surface area contributed by atoms with E-state index in [1.54, 1.807) is 22.8 Å². The van der Waals surface area contributed by atoms with Crippen LogP contribution < -0.4 is 4.31 Å². The van der Waals surface area contributed by atoms with E-state index < -0.39 is 16.1 Å². The second kappa shape index (κ2) is 8.60. The molecule has 0 aromatic heterocycles. The third kappa shape index (κ3) is 5.35. The van der Waals surface area contributed by atoms with Crippen molar-refractivity contribution >= 4 is 27.7 Å². The third-order valence-electron chi connectivity index (χ3n) is 4.46. The van der Waals surface area contributed by atoms with E-state index in [0.717, 1.165) is 21.7 Å². The van der Waals surface area contributed by atoms with Gasteiger partial charge in [-0.15, -0.1) is 0 Å². The lowest BCUT2D eigenvalue weighted by Gasteiger charge is -2.35. The molecule has 1 heterocycles. The quantitative estimate of drug-likeness (QED) is 0.749. The zero-order valence-corrected chi connectivity index (χ0v) is 17.1. The maximum absolute atomic E-state index is 12.7. The van der Waals surface area contributed by atoms with Crippen molar-refractivity contribution < 1.29 is 22.7 Å². The first-order chi connectivity index (χ1) is 12.6. The van der Waals surface area contributed by atoms with Gasteiger partial charge in [0, 0.05) is 26.2 Å². The van der Waals surface area contributed by atoms with Crippen molar-refractivity contribution in [1.29, 1.82) is 0 Å². The molecule has 0 N–H and O–H groups in total. The van der Waals surface area contributed by atoms with Gasteiger partial charge < -0.3 is 14.5 Å². The number of sulfonamides is 1. The van der Waals surface area contributed by atoms with Gasteiger partial charge in [0.2, 0.25) is 15.9 Å². The van der Waals surface area contributed by atoms with E-state index in [1.165, 1.54) is 0 Å². The zero-order chi connectivity index (χ0) is 20.2. The summed E-state index contributed by atoms with van der Waals surface area (Å²) in [4.78, 5) is 27.6. The van der Waals surface area contributed by atoms with Crippen LogP contribution in [0.3, 0.4) is 0 Å². The molecule has 2 rings (SSSR count). The van der Waals surface area contributed by atoms with Gasteiger partial charge in [-0.25, -0.2) is 13.2 Å². The number of carbonyl (C=O) groups is 2. The number of amides is 2. The molecule has 0 spiro atoms. The number of aryl methyl sites for hydroxylation is 2. The maximum atomic E-state index is 12.7. The molecule has 8 nitrogen and oxygen atoms in total. The summed E-state index contributed by atoms with van der Waals surface area (Å²) in [5.41, 5.74) is 2.31. The summed E-state index contributed by atoms with van der Waals surface area (Å²) in [7, 11) is -3.62. The van der Waals surface area contributed by atoms with Crippen molar-refractivity contribution in [3.63, 3.8) is 0 Å². The Morgan fingerprint density at radius 3 is 2.22 bits per heavy atom. The zero-order valence-electron chi connectivity index (χ0n) is 16.3. The minimum atomic E-state index is -3.62. The summed E-state index contributed by atoms with van der Waals surface area (Å²) in [5.74, 6) is -0.288. The Morgan fingerprint density at radius 1 is 1.11 bits per heavy atom. The number of nitrogens with zero attached hydrogens (tertiary/aromatic N) is 3. The minimum Gasteiger partial charge on any atom is -0.450 e. The first-order valence-electron chi connectivity index (χ1n) is 8.88. The number of hydrogen-bond donors (Lipinski definition) is 0. The average molecular weight is 397 g/mol. The van der Waals surface area contributed by atoms with Crippen LogP contribution in [0.1, 0.15) is 18.1 Å². The largest absolute Gasteiger partial charge is 0.450 e. The van der Waals surface area contributed by atoms with Gasteiger partial charge >= 0.3 is 6.09 Å². The molecule has 1 aromatic rings. The van der Waals surface area contributed by atoms with Gasteiger partial charge in [0.15, 0.2) is 0 Å². The molecular weight excluding hydrogens is 370 g/mol. The highest BCUT2D eigenvalue weighted by Gasteiger charge is 2.28. The molecule has 0 bridgehead atoms.